The van der Waals surface area contributed by atoms with Crippen LogP contribution in [0.2, 0.25) is 0 Å². The van der Waals surface area contributed by atoms with E-state index in [0.29, 0.717) is 12.8 Å². The van der Waals surface area contributed by atoms with Crippen molar-refractivity contribution in [2.24, 2.45) is 17.8 Å². The smallest absolute Gasteiger partial charge is 0.163 e. The molecule has 0 aromatic heterocycles. The standard InChI is InChI=1S/C26H36O4/c1-6-8-20(22(7-2)24(29)12-18(5)28)13-19-14-23-21(11-17(4)27)10-9-16(3)26(23)25(30)15-19/h9-10,19-20,22H,6-8,11-15H2,1-5H3. The maximum Gasteiger partial charge on any atom is 0.163 e. The average Bonchev–Trinajstić information content (AvgIpc) is 2.63. The van der Waals surface area contributed by atoms with Crippen molar-refractivity contribution >= 4 is 23.1 Å². The van der Waals surface area contributed by atoms with Gasteiger partial charge in [-0.3, -0.25) is 19.2 Å². The summed E-state index contributed by atoms with van der Waals surface area (Å²) in [6.07, 6.45) is 5.08. The Balaban J connectivity index is 2.29. The summed E-state index contributed by atoms with van der Waals surface area (Å²) in [6.45, 7) is 9.14. The number of carbonyl (C=O) groups is 4. The fourth-order valence-electron chi connectivity index (χ4n) is 5.24. The van der Waals surface area contributed by atoms with Gasteiger partial charge >= 0.3 is 0 Å². The lowest BCUT2D eigenvalue weighted by atomic mass is 9.71. The third-order valence-electron chi connectivity index (χ3n) is 6.44. The van der Waals surface area contributed by atoms with Crippen LogP contribution in [0.5, 0.6) is 0 Å². The Labute approximate surface area is 180 Å². The van der Waals surface area contributed by atoms with E-state index in [2.05, 4.69) is 6.92 Å². The van der Waals surface area contributed by atoms with Crippen LogP contribution in [0.3, 0.4) is 0 Å². The van der Waals surface area contributed by atoms with Gasteiger partial charge in [-0.25, -0.2) is 0 Å². The molecule has 1 aliphatic carbocycles. The number of aryl methyl sites for hydroxylation is 1. The highest BCUT2D eigenvalue weighted by molar-refractivity contribution is 6.01. The van der Waals surface area contributed by atoms with Crippen molar-refractivity contribution in [3.8, 4) is 0 Å². The Hall–Kier alpha value is -2.10. The lowest BCUT2D eigenvalue weighted by molar-refractivity contribution is -0.130. The van der Waals surface area contributed by atoms with Crippen molar-refractivity contribution in [3.63, 3.8) is 0 Å². The molecule has 0 spiro atoms. The van der Waals surface area contributed by atoms with Crippen molar-refractivity contribution < 1.29 is 19.2 Å². The van der Waals surface area contributed by atoms with Crippen LogP contribution in [0.25, 0.3) is 0 Å². The Bertz CT molecular complexity index is 821. The molecule has 1 aliphatic rings. The number of hydrogen-bond donors (Lipinski definition) is 0. The SMILES string of the molecule is CCCC(CC1CC(=O)c2c(C)ccc(CC(C)=O)c2C1)C(CC)C(=O)CC(C)=O. The first-order valence-electron chi connectivity index (χ1n) is 11.3. The zero-order valence-corrected chi connectivity index (χ0v) is 19.2. The number of rotatable bonds is 11. The summed E-state index contributed by atoms with van der Waals surface area (Å²) >= 11 is 0. The van der Waals surface area contributed by atoms with Gasteiger partial charge in [-0.2, -0.15) is 0 Å². The maximum absolute atomic E-state index is 13.0. The van der Waals surface area contributed by atoms with E-state index >= 15 is 0 Å². The highest BCUT2D eigenvalue weighted by atomic mass is 16.1. The third-order valence-corrected chi connectivity index (χ3v) is 6.44. The molecule has 0 amide bonds. The molecular formula is C26H36O4. The molecular weight excluding hydrogens is 376 g/mol. The quantitative estimate of drug-likeness (QED) is 0.465. The molecule has 0 radical (unpaired) electrons. The lowest BCUT2D eigenvalue weighted by Crippen LogP contribution is -2.30. The molecule has 0 bridgehead atoms. The van der Waals surface area contributed by atoms with E-state index in [-0.39, 0.29) is 47.3 Å². The van der Waals surface area contributed by atoms with Gasteiger partial charge in [0.15, 0.2) is 5.78 Å². The van der Waals surface area contributed by atoms with Gasteiger partial charge in [-0.1, -0.05) is 38.8 Å². The summed E-state index contributed by atoms with van der Waals surface area (Å²) in [5.41, 5.74) is 3.78. The Kier molecular flexibility index (Phi) is 8.69. The summed E-state index contributed by atoms with van der Waals surface area (Å²) in [7, 11) is 0. The van der Waals surface area contributed by atoms with Gasteiger partial charge in [-0.05, 0) is 68.6 Å². The van der Waals surface area contributed by atoms with Crippen molar-refractivity contribution in [3.05, 3.63) is 34.4 Å². The summed E-state index contributed by atoms with van der Waals surface area (Å²) in [4.78, 5) is 49.0. The van der Waals surface area contributed by atoms with Gasteiger partial charge in [-0.15, -0.1) is 0 Å². The van der Waals surface area contributed by atoms with Crippen LogP contribution in [-0.2, 0) is 27.2 Å². The second-order valence-corrected chi connectivity index (χ2v) is 9.12. The van der Waals surface area contributed by atoms with Gasteiger partial charge in [0, 0.05) is 24.3 Å². The second kappa shape index (κ2) is 10.8. The van der Waals surface area contributed by atoms with Crippen molar-refractivity contribution in [2.45, 2.75) is 86.0 Å². The number of ketones is 4. The second-order valence-electron chi connectivity index (χ2n) is 9.12. The first-order chi connectivity index (χ1) is 14.2. The molecule has 3 atom stereocenters. The first-order valence-corrected chi connectivity index (χ1v) is 11.3. The fraction of sp³-hybridized carbons (Fsp3) is 0.615. The van der Waals surface area contributed by atoms with Crippen LogP contribution in [0.4, 0.5) is 0 Å². The van der Waals surface area contributed by atoms with E-state index in [4.69, 9.17) is 0 Å². The molecule has 0 fully saturated rings. The minimum atomic E-state index is -0.125. The molecule has 2 rings (SSSR count). The molecule has 0 heterocycles. The van der Waals surface area contributed by atoms with E-state index in [9.17, 15) is 19.2 Å². The van der Waals surface area contributed by atoms with E-state index in [1.54, 1.807) is 6.92 Å². The van der Waals surface area contributed by atoms with Crippen LogP contribution >= 0.6 is 0 Å². The average molecular weight is 413 g/mol. The minimum Gasteiger partial charge on any atom is -0.300 e. The predicted molar refractivity (Wildman–Crippen MR) is 119 cm³/mol. The third kappa shape index (κ3) is 5.96. The van der Waals surface area contributed by atoms with Crippen LogP contribution in [-0.4, -0.2) is 23.1 Å². The molecule has 30 heavy (non-hydrogen) atoms. The molecule has 164 valence electrons. The number of hydrogen-bond acceptors (Lipinski definition) is 4. The zero-order chi connectivity index (χ0) is 22.4. The van der Waals surface area contributed by atoms with Crippen molar-refractivity contribution in [2.75, 3.05) is 0 Å². The van der Waals surface area contributed by atoms with Crippen LogP contribution in [0.1, 0.15) is 93.3 Å². The monoisotopic (exact) mass is 412 g/mol. The summed E-state index contributed by atoms with van der Waals surface area (Å²) in [5, 5.41) is 0. The van der Waals surface area contributed by atoms with Crippen molar-refractivity contribution in [1.82, 2.24) is 0 Å². The molecule has 0 saturated heterocycles. The molecule has 0 N–H and O–H groups in total. The van der Waals surface area contributed by atoms with E-state index < -0.39 is 0 Å². The number of benzene rings is 1. The molecule has 4 nitrogen and oxygen atoms in total. The van der Waals surface area contributed by atoms with E-state index in [1.807, 2.05) is 26.0 Å². The Morgan fingerprint density at radius 1 is 1.07 bits per heavy atom. The van der Waals surface area contributed by atoms with Crippen molar-refractivity contribution in [1.29, 1.82) is 0 Å². The highest BCUT2D eigenvalue weighted by Gasteiger charge is 2.33. The largest absolute Gasteiger partial charge is 0.300 e. The normalized spacial score (nSPS) is 17.9. The molecule has 4 heteroatoms. The Morgan fingerprint density at radius 3 is 2.33 bits per heavy atom. The van der Waals surface area contributed by atoms with Gasteiger partial charge in [0.25, 0.3) is 0 Å². The van der Waals surface area contributed by atoms with Crippen LogP contribution < -0.4 is 0 Å². The number of fused-ring (bicyclic) bond motifs is 1. The minimum absolute atomic E-state index is 0.00705. The van der Waals surface area contributed by atoms with E-state index in [1.165, 1.54) is 6.92 Å². The molecule has 1 aromatic carbocycles. The summed E-state index contributed by atoms with van der Waals surface area (Å²) in [6, 6.07) is 3.93. The van der Waals surface area contributed by atoms with Crippen LogP contribution in [0, 0.1) is 24.7 Å². The molecule has 1 aromatic rings. The highest BCUT2D eigenvalue weighted by Crippen LogP contribution is 2.37. The number of carbonyl (C=O) groups excluding carboxylic acids is 4. The van der Waals surface area contributed by atoms with Gasteiger partial charge in [0.1, 0.15) is 17.3 Å². The topological polar surface area (TPSA) is 68.3 Å². The molecule has 3 unspecified atom stereocenters. The lowest BCUT2D eigenvalue weighted by Gasteiger charge is -2.32. The Morgan fingerprint density at radius 2 is 1.77 bits per heavy atom. The molecule has 0 aliphatic heterocycles. The summed E-state index contributed by atoms with van der Waals surface area (Å²) in [5.74, 6) is 0.446. The van der Waals surface area contributed by atoms with Gasteiger partial charge < -0.3 is 0 Å². The van der Waals surface area contributed by atoms with Gasteiger partial charge in [0.05, 0.1) is 6.42 Å². The predicted octanol–water partition coefficient (Wildman–Crippen LogP) is 5.25. The molecule has 0 saturated carbocycles. The van der Waals surface area contributed by atoms with Gasteiger partial charge in [0.2, 0.25) is 0 Å². The summed E-state index contributed by atoms with van der Waals surface area (Å²) < 4.78 is 0. The fourth-order valence-corrected chi connectivity index (χ4v) is 5.24. The van der Waals surface area contributed by atoms with E-state index in [0.717, 1.165) is 54.4 Å². The number of Topliss-reactive ketones (excluding diaryl/α,β-unsaturated/α-hetero) is 4. The maximum atomic E-state index is 13.0. The van der Waals surface area contributed by atoms with Crippen LogP contribution in [0.15, 0.2) is 12.1 Å². The first kappa shape index (κ1) is 24.2. The zero-order valence-electron chi connectivity index (χ0n) is 19.2.